The lowest BCUT2D eigenvalue weighted by molar-refractivity contribution is 0.0105. The van der Waals surface area contributed by atoms with Crippen molar-refractivity contribution in [3.63, 3.8) is 0 Å². The van der Waals surface area contributed by atoms with Gasteiger partial charge in [0.25, 0.3) is 0 Å². The molecule has 1 fully saturated rings. The van der Waals surface area contributed by atoms with E-state index in [9.17, 15) is 0 Å². The van der Waals surface area contributed by atoms with Crippen LogP contribution in [0.25, 0.3) is 11.4 Å². The highest BCUT2D eigenvalue weighted by atomic mass is 16.5. The Morgan fingerprint density at radius 2 is 1.96 bits per heavy atom. The Bertz CT molecular complexity index is 689. The molecule has 6 nitrogen and oxygen atoms in total. The van der Waals surface area contributed by atoms with Gasteiger partial charge in [-0.25, -0.2) is 9.67 Å². The second-order valence-electron chi connectivity index (χ2n) is 7.16. The average molecular weight is 373 g/mol. The van der Waals surface area contributed by atoms with E-state index < -0.39 is 0 Å². The van der Waals surface area contributed by atoms with Gasteiger partial charge in [-0.3, -0.25) is 0 Å². The summed E-state index contributed by atoms with van der Waals surface area (Å²) in [5.41, 5.74) is 7.47. The standard InChI is InChI=1S/C21H32N4O2/c1-3-13-27-19-11-10-17(15-18(19)22)21-23-20(16-8-6-5-7-9-16)24-25(21)12-14-26-4-2/h5-9,17-19H,3-4,10-15,22H2,1-2H3/t17-,18+,19+/m0/s1. The van der Waals surface area contributed by atoms with Crippen LogP contribution in [0.5, 0.6) is 0 Å². The molecule has 1 aromatic carbocycles. The molecule has 0 spiro atoms. The zero-order chi connectivity index (χ0) is 19.1. The van der Waals surface area contributed by atoms with Crippen molar-refractivity contribution < 1.29 is 9.47 Å². The van der Waals surface area contributed by atoms with Crippen LogP contribution < -0.4 is 5.73 Å². The van der Waals surface area contributed by atoms with Crippen molar-refractivity contribution in [3.05, 3.63) is 36.2 Å². The van der Waals surface area contributed by atoms with Gasteiger partial charge < -0.3 is 15.2 Å². The summed E-state index contributed by atoms with van der Waals surface area (Å²) in [7, 11) is 0. The zero-order valence-electron chi connectivity index (χ0n) is 16.5. The van der Waals surface area contributed by atoms with Crippen molar-refractivity contribution >= 4 is 0 Å². The minimum absolute atomic E-state index is 0.0486. The summed E-state index contributed by atoms with van der Waals surface area (Å²) in [6.45, 7) is 6.98. The first-order valence-corrected chi connectivity index (χ1v) is 10.2. The maximum Gasteiger partial charge on any atom is 0.181 e. The number of rotatable bonds is 9. The minimum atomic E-state index is 0.0486. The van der Waals surface area contributed by atoms with E-state index in [2.05, 4.69) is 6.92 Å². The maximum absolute atomic E-state index is 6.43. The van der Waals surface area contributed by atoms with Crippen LogP contribution in [0.2, 0.25) is 0 Å². The van der Waals surface area contributed by atoms with Crippen LogP contribution in [-0.4, -0.2) is 46.7 Å². The molecule has 2 N–H and O–H groups in total. The van der Waals surface area contributed by atoms with E-state index in [0.29, 0.717) is 25.7 Å². The lowest BCUT2D eigenvalue weighted by atomic mass is 9.83. The van der Waals surface area contributed by atoms with Gasteiger partial charge in [0.15, 0.2) is 5.82 Å². The second-order valence-corrected chi connectivity index (χ2v) is 7.16. The maximum atomic E-state index is 6.43. The third kappa shape index (κ3) is 5.15. The van der Waals surface area contributed by atoms with Crippen LogP contribution in [0.15, 0.2) is 30.3 Å². The predicted octanol–water partition coefficient (Wildman–Crippen LogP) is 3.37. The number of nitrogens with zero attached hydrogens (tertiary/aromatic N) is 3. The van der Waals surface area contributed by atoms with E-state index in [1.807, 2.05) is 41.9 Å². The average Bonchev–Trinajstić information content (AvgIpc) is 3.12. The van der Waals surface area contributed by atoms with Gasteiger partial charge in [0.2, 0.25) is 0 Å². The fourth-order valence-corrected chi connectivity index (χ4v) is 3.71. The first-order chi connectivity index (χ1) is 13.2. The van der Waals surface area contributed by atoms with Crippen molar-refractivity contribution in [2.75, 3.05) is 19.8 Å². The molecule has 0 radical (unpaired) electrons. The summed E-state index contributed by atoms with van der Waals surface area (Å²) >= 11 is 0. The molecule has 1 saturated carbocycles. The molecule has 1 aliphatic rings. The highest BCUT2D eigenvalue weighted by Gasteiger charge is 2.32. The smallest absolute Gasteiger partial charge is 0.181 e. The van der Waals surface area contributed by atoms with Gasteiger partial charge in [0, 0.05) is 30.7 Å². The first-order valence-electron chi connectivity index (χ1n) is 10.2. The highest BCUT2D eigenvalue weighted by Crippen LogP contribution is 2.33. The van der Waals surface area contributed by atoms with Crippen molar-refractivity contribution in [1.29, 1.82) is 0 Å². The van der Waals surface area contributed by atoms with Crippen molar-refractivity contribution in [1.82, 2.24) is 14.8 Å². The predicted molar refractivity (Wildman–Crippen MR) is 107 cm³/mol. The molecule has 0 unspecified atom stereocenters. The van der Waals surface area contributed by atoms with Crippen molar-refractivity contribution in [3.8, 4) is 11.4 Å². The monoisotopic (exact) mass is 372 g/mol. The molecule has 27 heavy (non-hydrogen) atoms. The van der Waals surface area contributed by atoms with E-state index >= 15 is 0 Å². The van der Waals surface area contributed by atoms with Crippen LogP contribution in [0.3, 0.4) is 0 Å². The number of aromatic nitrogens is 3. The molecule has 148 valence electrons. The number of ether oxygens (including phenoxy) is 2. The Balaban J connectivity index is 1.77. The lowest BCUT2D eigenvalue weighted by Gasteiger charge is -2.33. The summed E-state index contributed by atoms with van der Waals surface area (Å²) in [5.74, 6) is 2.12. The van der Waals surface area contributed by atoms with Crippen LogP contribution in [-0.2, 0) is 16.0 Å². The topological polar surface area (TPSA) is 75.2 Å². The SMILES string of the molecule is CCCO[C@@H]1CC[C@H](c2nc(-c3ccccc3)nn2CCOCC)C[C@H]1N. The van der Waals surface area contributed by atoms with Gasteiger partial charge in [0.05, 0.1) is 19.3 Å². The van der Waals surface area contributed by atoms with Crippen LogP contribution in [0, 0.1) is 0 Å². The first kappa shape index (κ1) is 20.0. The number of hydrogen-bond acceptors (Lipinski definition) is 5. The van der Waals surface area contributed by atoms with Gasteiger partial charge in [-0.1, -0.05) is 37.3 Å². The molecule has 1 aromatic heterocycles. The Kier molecular flexibility index (Phi) is 7.38. The molecular formula is C21H32N4O2. The molecule has 1 aliphatic carbocycles. The third-order valence-corrected chi connectivity index (χ3v) is 5.12. The summed E-state index contributed by atoms with van der Waals surface area (Å²) in [6.07, 6.45) is 4.08. The summed E-state index contributed by atoms with van der Waals surface area (Å²) in [6, 6.07) is 10.2. The molecule has 2 aromatic rings. The fourth-order valence-electron chi connectivity index (χ4n) is 3.71. The highest BCUT2D eigenvalue weighted by molar-refractivity contribution is 5.54. The molecule has 6 heteroatoms. The van der Waals surface area contributed by atoms with Crippen LogP contribution in [0.1, 0.15) is 51.3 Å². The molecule has 0 amide bonds. The van der Waals surface area contributed by atoms with E-state index in [-0.39, 0.29) is 12.1 Å². The molecule has 0 aliphatic heterocycles. The molecular weight excluding hydrogens is 340 g/mol. The van der Waals surface area contributed by atoms with Crippen molar-refractivity contribution in [2.45, 2.75) is 64.1 Å². The van der Waals surface area contributed by atoms with Gasteiger partial charge in [0.1, 0.15) is 5.82 Å². The van der Waals surface area contributed by atoms with Crippen molar-refractivity contribution in [2.24, 2.45) is 5.73 Å². The zero-order valence-corrected chi connectivity index (χ0v) is 16.5. The molecule has 0 saturated heterocycles. The molecule has 3 atom stereocenters. The van der Waals surface area contributed by atoms with E-state index in [1.165, 1.54) is 0 Å². The van der Waals surface area contributed by atoms with Gasteiger partial charge in [-0.05, 0) is 32.6 Å². The fraction of sp³-hybridized carbons (Fsp3) is 0.619. The van der Waals surface area contributed by atoms with Gasteiger partial charge >= 0.3 is 0 Å². The van der Waals surface area contributed by atoms with Crippen LogP contribution >= 0.6 is 0 Å². The Morgan fingerprint density at radius 1 is 1.15 bits per heavy atom. The second kappa shape index (κ2) is 9.97. The Labute approximate surface area is 162 Å². The normalized spacial score (nSPS) is 22.9. The number of nitrogens with two attached hydrogens (primary N) is 1. The summed E-state index contributed by atoms with van der Waals surface area (Å²) < 4.78 is 13.5. The summed E-state index contributed by atoms with van der Waals surface area (Å²) in [4.78, 5) is 4.90. The van der Waals surface area contributed by atoms with Crippen LogP contribution in [0.4, 0.5) is 0 Å². The van der Waals surface area contributed by atoms with E-state index in [0.717, 1.165) is 49.5 Å². The number of benzene rings is 1. The molecule has 3 rings (SSSR count). The Hall–Kier alpha value is -1.76. The number of hydrogen-bond donors (Lipinski definition) is 1. The molecule has 1 heterocycles. The van der Waals surface area contributed by atoms with Gasteiger partial charge in [-0.15, -0.1) is 0 Å². The van der Waals surface area contributed by atoms with Gasteiger partial charge in [-0.2, -0.15) is 5.10 Å². The lowest BCUT2D eigenvalue weighted by Crippen LogP contribution is -2.42. The third-order valence-electron chi connectivity index (χ3n) is 5.12. The minimum Gasteiger partial charge on any atom is -0.380 e. The summed E-state index contributed by atoms with van der Waals surface area (Å²) in [5, 5.41) is 4.77. The molecule has 0 bridgehead atoms. The van der Waals surface area contributed by atoms with E-state index in [4.69, 9.17) is 25.3 Å². The quantitative estimate of drug-likeness (QED) is 0.683. The van der Waals surface area contributed by atoms with E-state index in [1.54, 1.807) is 0 Å². The largest absolute Gasteiger partial charge is 0.380 e. The Morgan fingerprint density at radius 3 is 2.67 bits per heavy atom.